The highest BCUT2D eigenvalue weighted by Crippen LogP contribution is 2.16. The number of sulfonamides is 1. The van der Waals surface area contributed by atoms with Crippen LogP contribution in [0.2, 0.25) is 0 Å². The Labute approximate surface area is 190 Å². The average molecular weight is 554 g/mol. The Morgan fingerprint density at radius 1 is 1.28 bits per heavy atom. The van der Waals surface area contributed by atoms with Gasteiger partial charge in [0, 0.05) is 56.3 Å². The Morgan fingerprint density at radius 3 is 2.62 bits per heavy atom. The van der Waals surface area contributed by atoms with Gasteiger partial charge in [-0.3, -0.25) is 15.1 Å². The van der Waals surface area contributed by atoms with Gasteiger partial charge in [0.2, 0.25) is 10.0 Å². The minimum absolute atomic E-state index is 0. The summed E-state index contributed by atoms with van der Waals surface area (Å²) >= 11 is 1.64. The van der Waals surface area contributed by atoms with Gasteiger partial charge in [-0.2, -0.15) is 0 Å². The molecule has 29 heavy (non-hydrogen) atoms. The van der Waals surface area contributed by atoms with E-state index in [1.54, 1.807) is 18.4 Å². The highest BCUT2D eigenvalue weighted by molar-refractivity contribution is 14.0. The SMILES string of the molecule is CN=C(NCCNS(=O)(=O)c1cccc([N+](=O)[O-])c1)NCCc1ncc(C)s1.I. The van der Waals surface area contributed by atoms with Crippen LogP contribution in [0, 0.1) is 17.0 Å². The molecule has 1 heterocycles. The smallest absolute Gasteiger partial charge is 0.270 e. The molecular formula is C16H23IN6O4S2. The van der Waals surface area contributed by atoms with Gasteiger partial charge in [0.25, 0.3) is 5.69 Å². The lowest BCUT2D eigenvalue weighted by atomic mass is 10.3. The first kappa shape index (κ1) is 25.2. The molecule has 2 rings (SSSR count). The van der Waals surface area contributed by atoms with Crippen LogP contribution in [0.5, 0.6) is 0 Å². The Bertz CT molecular complexity index is 948. The number of hydrogen-bond donors (Lipinski definition) is 3. The number of nitrogens with zero attached hydrogens (tertiary/aromatic N) is 3. The molecular weight excluding hydrogens is 531 g/mol. The van der Waals surface area contributed by atoms with Gasteiger partial charge >= 0.3 is 0 Å². The number of aromatic nitrogens is 1. The number of nitrogens with one attached hydrogen (secondary N) is 3. The molecule has 160 valence electrons. The monoisotopic (exact) mass is 554 g/mol. The second-order valence-electron chi connectivity index (χ2n) is 5.69. The summed E-state index contributed by atoms with van der Waals surface area (Å²) in [5.74, 6) is 0.544. The van der Waals surface area contributed by atoms with E-state index in [4.69, 9.17) is 0 Å². The summed E-state index contributed by atoms with van der Waals surface area (Å²) in [5.41, 5.74) is -0.277. The molecule has 10 nitrogen and oxygen atoms in total. The van der Waals surface area contributed by atoms with Crippen LogP contribution in [0.4, 0.5) is 5.69 Å². The van der Waals surface area contributed by atoms with Crippen LogP contribution in [0.3, 0.4) is 0 Å². The zero-order valence-electron chi connectivity index (χ0n) is 15.9. The molecule has 0 atom stereocenters. The van der Waals surface area contributed by atoms with Gasteiger partial charge < -0.3 is 10.6 Å². The summed E-state index contributed by atoms with van der Waals surface area (Å²) in [6.45, 7) is 3.04. The van der Waals surface area contributed by atoms with Crippen LogP contribution in [0.1, 0.15) is 9.88 Å². The van der Waals surface area contributed by atoms with E-state index in [1.807, 2.05) is 13.1 Å². The third kappa shape index (κ3) is 8.20. The number of aryl methyl sites for hydroxylation is 1. The number of guanidine groups is 1. The van der Waals surface area contributed by atoms with Crippen molar-refractivity contribution in [1.29, 1.82) is 0 Å². The molecule has 3 N–H and O–H groups in total. The topological polar surface area (TPSA) is 139 Å². The summed E-state index contributed by atoms with van der Waals surface area (Å²) in [6.07, 6.45) is 2.60. The maximum atomic E-state index is 12.2. The van der Waals surface area contributed by atoms with E-state index < -0.39 is 14.9 Å². The molecule has 0 fully saturated rings. The molecule has 0 radical (unpaired) electrons. The third-order valence-corrected chi connectivity index (χ3v) is 6.00. The van der Waals surface area contributed by atoms with E-state index in [0.717, 1.165) is 22.4 Å². The van der Waals surface area contributed by atoms with Gasteiger partial charge in [0.05, 0.1) is 14.8 Å². The Morgan fingerprint density at radius 2 is 2.00 bits per heavy atom. The van der Waals surface area contributed by atoms with Crippen molar-refractivity contribution in [2.45, 2.75) is 18.2 Å². The van der Waals surface area contributed by atoms with Crippen LogP contribution >= 0.6 is 35.3 Å². The van der Waals surface area contributed by atoms with Crippen LogP contribution < -0.4 is 15.4 Å². The normalized spacial score (nSPS) is 11.6. The van der Waals surface area contributed by atoms with Gasteiger partial charge in [-0.1, -0.05) is 6.07 Å². The van der Waals surface area contributed by atoms with Crippen LogP contribution in [0.25, 0.3) is 0 Å². The van der Waals surface area contributed by atoms with Crippen molar-refractivity contribution in [3.8, 4) is 0 Å². The van der Waals surface area contributed by atoms with Gasteiger partial charge in [-0.15, -0.1) is 35.3 Å². The molecule has 0 aliphatic heterocycles. The summed E-state index contributed by atoms with van der Waals surface area (Å²) < 4.78 is 26.9. The molecule has 0 saturated heterocycles. The predicted octanol–water partition coefficient (Wildman–Crippen LogP) is 1.66. The second-order valence-corrected chi connectivity index (χ2v) is 8.78. The molecule has 13 heteroatoms. The van der Waals surface area contributed by atoms with E-state index in [2.05, 4.69) is 25.3 Å². The van der Waals surface area contributed by atoms with Crippen molar-refractivity contribution < 1.29 is 13.3 Å². The number of rotatable bonds is 9. The molecule has 1 aromatic heterocycles. The molecule has 0 unspecified atom stereocenters. The quantitative estimate of drug-likeness (QED) is 0.107. The number of benzene rings is 1. The van der Waals surface area contributed by atoms with Gasteiger partial charge in [0.1, 0.15) is 0 Å². The largest absolute Gasteiger partial charge is 0.356 e. The first-order valence-corrected chi connectivity index (χ1v) is 10.7. The van der Waals surface area contributed by atoms with E-state index >= 15 is 0 Å². The third-order valence-electron chi connectivity index (χ3n) is 3.57. The number of non-ortho nitro benzene ring substituents is 1. The highest BCUT2D eigenvalue weighted by atomic mass is 127. The van der Waals surface area contributed by atoms with Crippen LogP contribution in [-0.2, 0) is 16.4 Å². The predicted molar refractivity (Wildman–Crippen MR) is 124 cm³/mol. The maximum absolute atomic E-state index is 12.2. The van der Waals surface area contributed by atoms with E-state index in [-0.39, 0.29) is 41.1 Å². The Kier molecular flexibility index (Phi) is 10.4. The molecule has 1 aromatic carbocycles. The summed E-state index contributed by atoms with van der Waals surface area (Å²) in [7, 11) is -2.21. The summed E-state index contributed by atoms with van der Waals surface area (Å²) in [6, 6.07) is 4.91. The fraction of sp³-hybridized carbons (Fsp3) is 0.375. The first-order valence-electron chi connectivity index (χ1n) is 8.42. The fourth-order valence-corrected chi connectivity index (χ4v) is 4.10. The first-order chi connectivity index (χ1) is 13.3. The number of aliphatic imine (C=N–C) groups is 1. The molecule has 0 bridgehead atoms. The van der Waals surface area contributed by atoms with Crippen molar-refractivity contribution in [2.75, 3.05) is 26.7 Å². The van der Waals surface area contributed by atoms with Gasteiger partial charge in [0.15, 0.2) is 5.96 Å². The number of nitro groups is 1. The number of thiazole rings is 1. The van der Waals surface area contributed by atoms with Crippen molar-refractivity contribution in [2.24, 2.45) is 4.99 Å². The minimum Gasteiger partial charge on any atom is -0.356 e. The van der Waals surface area contributed by atoms with Crippen molar-refractivity contribution in [1.82, 2.24) is 20.3 Å². The number of halogens is 1. The Balaban J connectivity index is 0.00000420. The highest BCUT2D eigenvalue weighted by Gasteiger charge is 2.17. The van der Waals surface area contributed by atoms with E-state index in [0.29, 0.717) is 19.0 Å². The number of hydrogen-bond acceptors (Lipinski definition) is 7. The van der Waals surface area contributed by atoms with E-state index in [9.17, 15) is 18.5 Å². The number of nitro benzene ring substituents is 1. The van der Waals surface area contributed by atoms with Gasteiger partial charge in [-0.25, -0.2) is 18.1 Å². The van der Waals surface area contributed by atoms with Crippen LogP contribution in [-0.4, -0.2) is 51.0 Å². The lowest BCUT2D eigenvalue weighted by molar-refractivity contribution is -0.385. The molecule has 0 spiro atoms. The molecule has 0 aliphatic rings. The zero-order chi connectivity index (χ0) is 20.6. The average Bonchev–Trinajstić information content (AvgIpc) is 3.08. The fourth-order valence-electron chi connectivity index (χ4n) is 2.24. The van der Waals surface area contributed by atoms with Gasteiger partial charge in [-0.05, 0) is 13.0 Å². The minimum atomic E-state index is -3.83. The van der Waals surface area contributed by atoms with Crippen molar-refractivity contribution in [3.05, 3.63) is 50.5 Å². The van der Waals surface area contributed by atoms with Crippen molar-refractivity contribution in [3.63, 3.8) is 0 Å². The van der Waals surface area contributed by atoms with Crippen LogP contribution in [0.15, 0.2) is 40.4 Å². The molecule has 0 aliphatic carbocycles. The lowest BCUT2D eigenvalue weighted by Gasteiger charge is -2.12. The summed E-state index contributed by atoms with van der Waals surface area (Å²) in [4.78, 5) is 19.5. The zero-order valence-corrected chi connectivity index (χ0v) is 19.9. The van der Waals surface area contributed by atoms with Crippen molar-refractivity contribution >= 4 is 57.0 Å². The second kappa shape index (κ2) is 12.0. The van der Waals surface area contributed by atoms with E-state index in [1.165, 1.54) is 18.2 Å². The summed E-state index contributed by atoms with van der Waals surface area (Å²) in [5, 5.41) is 17.9. The molecule has 0 saturated carbocycles. The maximum Gasteiger partial charge on any atom is 0.270 e. The standard InChI is InChI=1S/C16H22N6O4S2.HI/c1-12-11-20-15(27-12)6-7-18-16(17-2)19-8-9-21-28(25,26)14-5-3-4-13(10-14)22(23)24;/h3-5,10-11,21H,6-9H2,1-2H3,(H2,17,18,19);1H. The lowest BCUT2D eigenvalue weighted by Crippen LogP contribution is -2.42. The Hall–Kier alpha value is -1.84. The molecule has 0 amide bonds. The molecule has 2 aromatic rings.